The molecule has 1 aliphatic rings. The van der Waals surface area contributed by atoms with E-state index in [0.717, 1.165) is 0 Å². The minimum absolute atomic E-state index is 0.253. The van der Waals surface area contributed by atoms with Crippen LogP contribution in [-0.4, -0.2) is 33.9 Å². The number of benzene rings is 1. The van der Waals surface area contributed by atoms with E-state index in [1.54, 1.807) is 30.3 Å². The van der Waals surface area contributed by atoms with Crippen molar-refractivity contribution in [3.05, 3.63) is 30.3 Å². The van der Waals surface area contributed by atoms with Gasteiger partial charge in [0.25, 0.3) is 5.91 Å². The van der Waals surface area contributed by atoms with Gasteiger partial charge in [-0.25, -0.2) is 13.7 Å². The van der Waals surface area contributed by atoms with Crippen LogP contribution in [0.5, 0.6) is 0 Å². The molecular formula is C10H13NO4S. The van der Waals surface area contributed by atoms with E-state index in [1.807, 2.05) is 0 Å². The molecule has 5 nitrogen and oxygen atoms in total. The third-order valence-corrected chi connectivity index (χ3v) is 4.56. The first-order valence-electron chi connectivity index (χ1n) is 4.74. The smallest absolute Gasteiger partial charge is 0.260 e. The van der Waals surface area contributed by atoms with Crippen molar-refractivity contribution in [3.63, 3.8) is 0 Å². The summed E-state index contributed by atoms with van der Waals surface area (Å²) in [6.45, 7) is 0. The van der Waals surface area contributed by atoms with E-state index >= 15 is 0 Å². The molecule has 0 radical (unpaired) electrons. The number of nitrogens with one attached hydrogen (secondary N) is 1. The zero-order chi connectivity index (χ0) is 11.8. The monoisotopic (exact) mass is 243 g/mol. The molecule has 0 aromatic heterocycles. The highest BCUT2D eigenvalue weighted by Crippen LogP contribution is 2.35. The predicted molar refractivity (Wildman–Crippen MR) is 57.3 cm³/mol. The van der Waals surface area contributed by atoms with Crippen molar-refractivity contribution in [2.45, 2.75) is 16.2 Å². The van der Waals surface area contributed by atoms with Crippen molar-refractivity contribution in [2.75, 3.05) is 14.2 Å². The summed E-state index contributed by atoms with van der Waals surface area (Å²) < 4.78 is 34.2. The lowest BCUT2D eigenvalue weighted by molar-refractivity contribution is -0.133. The Hall–Kier alpha value is -0.950. The molecule has 1 aromatic rings. The summed E-state index contributed by atoms with van der Waals surface area (Å²) in [5.41, 5.74) is 0. The Kier molecular flexibility index (Phi) is 2.75. The van der Waals surface area contributed by atoms with Crippen molar-refractivity contribution in [2.24, 2.45) is 0 Å². The molecule has 1 unspecified atom stereocenters. The lowest BCUT2D eigenvalue weighted by atomic mass is 10.4. The maximum absolute atomic E-state index is 12.1. The molecule has 6 heteroatoms. The summed E-state index contributed by atoms with van der Waals surface area (Å²) >= 11 is 0. The topological polar surface area (TPSA) is 74.5 Å². The van der Waals surface area contributed by atoms with E-state index in [-0.39, 0.29) is 4.90 Å². The average molecular weight is 243 g/mol. The fourth-order valence-corrected chi connectivity index (χ4v) is 3.31. The molecule has 1 atom stereocenters. The van der Waals surface area contributed by atoms with Crippen LogP contribution >= 0.6 is 0 Å². The number of rotatable bonds is 4. The van der Waals surface area contributed by atoms with Gasteiger partial charge in [-0.15, -0.1) is 0 Å². The average Bonchev–Trinajstić information content (AvgIpc) is 3.06. The van der Waals surface area contributed by atoms with E-state index < -0.39 is 21.1 Å². The van der Waals surface area contributed by atoms with Gasteiger partial charge in [0.2, 0.25) is 9.84 Å². The standard InChI is InChI=1S/C10H13NO4S/c1-14-10(15-2)9(11-10)16(12,13)8-6-4-3-5-7-8/h3-7,9,11H,1-2H3. The summed E-state index contributed by atoms with van der Waals surface area (Å²) in [6, 6.07) is 8.21. The van der Waals surface area contributed by atoms with Gasteiger partial charge in [-0.3, -0.25) is 0 Å². The van der Waals surface area contributed by atoms with E-state index in [9.17, 15) is 8.42 Å². The highest BCUT2D eigenvalue weighted by atomic mass is 32.2. The lowest BCUT2D eigenvalue weighted by Gasteiger charge is -2.10. The van der Waals surface area contributed by atoms with Crippen LogP contribution in [0.4, 0.5) is 0 Å². The van der Waals surface area contributed by atoms with Gasteiger partial charge >= 0.3 is 0 Å². The number of hydrogen-bond acceptors (Lipinski definition) is 5. The Bertz CT molecular complexity index is 467. The number of methoxy groups -OCH3 is 2. The van der Waals surface area contributed by atoms with Crippen LogP contribution in [0.1, 0.15) is 0 Å². The van der Waals surface area contributed by atoms with Crippen LogP contribution in [0.25, 0.3) is 0 Å². The molecule has 0 aliphatic carbocycles. The quantitative estimate of drug-likeness (QED) is 0.609. The molecule has 88 valence electrons. The largest absolute Gasteiger partial charge is 0.339 e. The van der Waals surface area contributed by atoms with Crippen molar-refractivity contribution >= 4 is 9.84 Å². The first-order valence-corrected chi connectivity index (χ1v) is 6.28. The van der Waals surface area contributed by atoms with Crippen LogP contribution in [0.2, 0.25) is 0 Å². The maximum atomic E-state index is 12.1. The Morgan fingerprint density at radius 3 is 2.19 bits per heavy atom. The Morgan fingerprint density at radius 2 is 1.75 bits per heavy atom. The first kappa shape index (κ1) is 11.5. The second kappa shape index (κ2) is 3.81. The third-order valence-electron chi connectivity index (χ3n) is 2.58. The van der Waals surface area contributed by atoms with E-state index in [1.165, 1.54) is 14.2 Å². The molecule has 2 rings (SSSR count). The molecule has 0 spiro atoms. The normalized spacial score (nSPS) is 23.0. The van der Waals surface area contributed by atoms with Crippen LogP contribution in [0, 0.1) is 0 Å². The minimum atomic E-state index is -3.46. The number of ether oxygens (including phenoxy) is 2. The highest BCUT2D eigenvalue weighted by molar-refractivity contribution is 7.92. The fraction of sp³-hybridized carbons (Fsp3) is 0.400. The van der Waals surface area contributed by atoms with E-state index in [2.05, 4.69) is 5.32 Å². The van der Waals surface area contributed by atoms with Gasteiger partial charge in [-0.2, -0.15) is 0 Å². The zero-order valence-electron chi connectivity index (χ0n) is 9.01. The van der Waals surface area contributed by atoms with Crippen LogP contribution < -0.4 is 5.32 Å². The number of hydrogen-bond donors (Lipinski definition) is 1. The molecule has 1 aliphatic heterocycles. The Morgan fingerprint density at radius 1 is 1.19 bits per heavy atom. The second-order valence-electron chi connectivity index (χ2n) is 3.46. The summed E-state index contributed by atoms with van der Waals surface area (Å²) in [6.07, 6.45) is 0. The zero-order valence-corrected chi connectivity index (χ0v) is 9.82. The molecule has 1 N–H and O–H groups in total. The van der Waals surface area contributed by atoms with Crippen molar-refractivity contribution in [1.82, 2.24) is 5.32 Å². The third kappa shape index (κ3) is 1.63. The minimum Gasteiger partial charge on any atom is -0.339 e. The van der Waals surface area contributed by atoms with Crippen molar-refractivity contribution in [3.8, 4) is 0 Å². The van der Waals surface area contributed by atoms with Crippen LogP contribution in [-0.2, 0) is 19.3 Å². The molecular weight excluding hydrogens is 230 g/mol. The highest BCUT2D eigenvalue weighted by Gasteiger charge is 2.63. The molecule has 1 saturated heterocycles. The summed E-state index contributed by atoms with van der Waals surface area (Å²) in [5.74, 6) is -1.20. The summed E-state index contributed by atoms with van der Waals surface area (Å²) in [5, 5.41) is 1.84. The van der Waals surface area contributed by atoms with Gasteiger partial charge in [0.15, 0.2) is 5.37 Å². The molecule has 1 heterocycles. The lowest BCUT2D eigenvalue weighted by Crippen LogP contribution is -2.25. The second-order valence-corrected chi connectivity index (χ2v) is 5.49. The Balaban J connectivity index is 2.30. The van der Waals surface area contributed by atoms with Gasteiger partial charge < -0.3 is 9.47 Å². The molecule has 16 heavy (non-hydrogen) atoms. The molecule has 1 aromatic carbocycles. The van der Waals surface area contributed by atoms with E-state index in [4.69, 9.17) is 9.47 Å². The van der Waals surface area contributed by atoms with Gasteiger partial charge in [0.1, 0.15) is 0 Å². The van der Waals surface area contributed by atoms with Crippen LogP contribution in [0.3, 0.4) is 0 Å². The molecule has 0 bridgehead atoms. The summed E-state index contributed by atoms with van der Waals surface area (Å²) in [7, 11) is -0.659. The summed E-state index contributed by atoms with van der Waals surface area (Å²) in [4.78, 5) is 0.253. The SMILES string of the molecule is COC1(OC)NC1S(=O)(=O)c1ccccc1. The molecule has 0 amide bonds. The van der Waals surface area contributed by atoms with Gasteiger partial charge in [-0.05, 0) is 12.1 Å². The van der Waals surface area contributed by atoms with Crippen molar-refractivity contribution in [1.29, 1.82) is 0 Å². The molecule has 0 saturated carbocycles. The van der Waals surface area contributed by atoms with Crippen LogP contribution in [0.15, 0.2) is 35.2 Å². The fourth-order valence-electron chi connectivity index (χ4n) is 1.58. The van der Waals surface area contributed by atoms with Gasteiger partial charge in [0.05, 0.1) is 4.90 Å². The van der Waals surface area contributed by atoms with Gasteiger partial charge in [0, 0.05) is 14.2 Å². The first-order chi connectivity index (χ1) is 7.57. The maximum Gasteiger partial charge on any atom is 0.260 e. The van der Waals surface area contributed by atoms with Crippen molar-refractivity contribution < 1.29 is 17.9 Å². The molecule has 1 fully saturated rings. The number of sulfone groups is 1. The Labute approximate surface area is 94.3 Å². The van der Waals surface area contributed by atoms with E-state index in [0.29, 0.717) is 0 Å². The predicted octanol–water partition coefficient (Wildman–Crippen LogP) is 0.336. The van der Waals surface area contributed by atoms with Gasteiger partial charge in [-0.1, -0.05) is 18.2 Å².